The van der Waals surface area contributed by atoms with E-state index in [1.54, 1.807) is 37.3 Å². The number of thiocarbonyl (C=S) groups is 1. The van der Waals surface area contributed by atoms with Crippen LogP contribution in [-0.4, -0.2) is 29.4 Å². The van der Waals surface area contributed by atoms with E-state index in [4.69, 9.17) is 21.7 Å². The summed E-state index contributed by atoms with van der Waals surface area (Å²) in [4.78, 5) is 26.1. The zero-order valence-electron chi connectivity index (χ0n) is 15.2. The summed E-state index contributed by atoms with van der Waals surface area (Å²) in [7, 11) is 0. The molecule has 9 heteroatoms. The maximum atomic E-state index is 13.6. The molecule has 0 aliphatic carbocycles. The standard InChI is InChI=1S/C20H15BrFNO4S2/c1-2-26-18(24)11-27-16-7-6-13(21)8-12(16)9-17-19(25)23(20(28)29-17)15-5-3-4-14(22)10-15/h3-10H,2,11H2,1H3/b17-9-. The van der Waals surface area contributed by atoms with Gasteiger partial charge >= 0.3 is 5.97 Å². The van der Waals surface area contributed by atoms with E-state index < -0.39 is 11.8 Å². The van der Waals surface area contributed by atoms with Gasteiger partial charge < -0.3 is 9.47 Å². The zero-order chi connectivity index (χ0) is 21.0. The maximum absolute atomic E-state index is 13.6. The fourth-order valence-corrected chi connectivity index (χ4v) is 4.22. The number of hydrogen-bond acceptors (Lipinski definition) is 6. The van der Waals surface area contributed by atoms with Crippen LogP contribution in [0, 0.1) is 5.82 Å². The van der Waals surface area contributed by atoms with Crippen molar-refractivity contribution in [1.29, 1.82) is 0 Å². The van der Waals surface area contributed by atoms with E-state index >= 15 is 0 Å². The number of hydrogen-bond donors (Lipinski definition) is 0. The van der Waals surface area contributed by atoms with E-state index in [1.165, 1.54) is 23.1 Å². The van der Waals surface area contributed by atoms with Crippen molar-refractivity contribution < 1.29 is 23.5 Å². The number of nitrogens with zero attached hydrogens (tertiary/aromatic N) is 1. The molecule has 0 radical (unpaired) electrons. The monoisotopic (exact) mass is 495 g/mol. The molecule has 2 aromatic carbocycles. The van der Waals surface area contributed by atoms with E-state index in [2.05, 4.69) is 15.9 Å². The molecule has 150 valence electrons. The normalized spacial score (nSPS) is 15.1. The number of carbonyl (C=O) groups is 2. The summed E-state index contributed by atoms with van der Waals surface area (Å²) in [6.07, 6.45) is 1.63. The fraction of sp³-hybridized carbons (Fsp3) is 0.150. The summed E-state index contributed by atoms with van der Waals surface area (Å²) in [5.74, 6) is -0.889. The Balaban J connectivity index is 1.88. The van der Waals surface area contributed by atoms with Gasteiger partial charge in [-0.2, -0.15) is 0 Å². The van der Waals surface area contributed by atoms with Crippen molar-refractivity contribution in [1.82, 2.24) is 0 Å². The Hall–Kier alpha value is -2.23. The van der Waals surface area contributed by atoms with Gasteiger partial charge in [0.25, 0.3) is 5.91 Å². The molecule has 0 atom stereocenters. The lowest BCUT2D eigenvalue weighted by Gasteiger charge is -2.14. The van der Waals surface area contributed by atoms with Crippen LogP contribution in [-0.2, 0) is 14.3 Å². The second-order valence-corrected chi connectivity index (χ2v) is 8.36. The van der Waals surface area contributed by atoms with Crippen molar-refractivity contribution in [3.63, 3.8) is 0 Å². The van der Waals surface area contributed by atoms with Crippen LogP contribution < -0.4 is 9.64 Å². The van der Waals surface area contributed by atoms with Gasteiger partial charge in [-0.15, -0.1) is 0 Å². The molecule has 1 aliphatic heterocycles. The fourth-order valence-electron chi connectivity index (χ4n) is 2.55. The van der Waals surface area contributed by atoms with Crippen LogP contribution in [0.2, 0.25) is 0 Å². The smallest absolute Gasteiger partial charge is 0.344 e. The summed E-state index contributed by atoms with van der Waals surface area (Å²) in [6.45, 7) is 1.72. The number of esters is 1. The summed E-state index contributed by atoms with van der Waals surface area (Å²) < 4.78 is 25.0. The van der Waals surface area contributed by atoms with Crippen LogP contribution >= 0.6 is 39.9 Å². The first kappa shape index (κ1) is 21.5. The molecule has 29 heavy (non-hydrogen) atoms. The van der Waals surface area contributed by atoms with Crippen LogP contribution in [0.5, 0.6) is 5.75 Å². The minimum Gasteiger partial charge on any atom is -0.481 e. The van der Waals surface area contributed by atoms with Crippen molar-refractivity contribution in [2.45, 2.75) is 6.92 Å². The van der Waals surface area contributed by atoms with Crippen LogP contribution in [0.1, 0.15) is 12.5 Å². The highest BCUT2D eigenvalue weighted by molar-refractivity contribution is 9.10. The summed E-state index contributed by atoms with van der Waals surface area (Å²) in [5.41, 5.74) is 0.951. The lowest BCUT2D eigenvalue weighted by atomic mass is 10.2. The Morgan fingerprint density at radius 2 is 2.10 bits per heavy atom. The Labute approximate surface area is 185 Å². The molecule has 1 saturated heterocycles. The number of thioether (sulfide) groups is 1. The molecule has 3 rings (SSSR count). The molecule has 0 bridgehead atoms. The number of ether oxygens (including phenoxy) is 2. The van der Waals surface area contributed by atoms with Gasteiger partial charge in [-0.3, -0.25) is 9.69 Å². The first-order chi connectivity index (χ1) is 13.9. The molecule has 5 nitrogen and oxygen atoms in total. The number of rotatable bonds is 6. The van der Waals surface area contributed by atoms with Gasteiger partial charge in [-0.1, -0.05) is 46.0 Å². The highest BCUT2D eigenvalue weighted by atomic mass is 79.9. The van der Waals surface area contributed by atoms with Crippen LogP contribution in [0.4, 0.5) is 10.1 Å². The molecule has 1 heterocycles. The van der Waals surface area contributed by atoms with Crippen LogP contribution in [0.3, 0.4) is 0 Å². The highest BCUT2D eigenvalue weighted by Gasteiger charge is 2.33. The lowest BCUT2D eigenvalue weighted by molar-refractivity contribution is -0.145. The molecule has 1 aliphatic rings. The Morgan fingerprint density at radius 1 is 1.31 bits per heavy atom. The molecule has 2 aromatic rings. The van der Waals surface area contributed by atoms with Crippen LogP contribution in [0.15, 0.2) is 51.8 Å². The summed E-state index contributed by atoms with van der Waals surface area (Å²) in [6, 6.07) is 10.9. The second kappa shape index (κ2) is 9.51. The van der Waals surface area contributed by atoms with E-state index in [9.17, 15) is 14.0 Å². The average Bonchev–Trinajstić information content (AvgIpc) is 2.94. The quantitative estimate of drug-likeness (QED) is 0.321. The van der Waals surface area contributed by atoms with Crippen molar-refractivity contribution >= 4 is 67.9 Å². The summed E-state index contributed by atoms with van der Waals surface area (Å²) >= 11 is 9.81. The van der Waals surface area contributed by atoms with Crippen molar-refractivity contribution in [3.8, 4) is 5.75 Å². The van der Waals surface area contributed by atoms with Gasteiger partial charge in [0.15, 0.2) is 10.9 Å². The minimum absolute atomic E-state index is 0.249. The van der Waals surface area contributed by atoms with E-state index in [-0.39, 0.29) is 19.1 Å². The molecule has 1 amide bonds. The minimum atomic E-state index is -0.487. The number of amides is 1. The number of halogens is 2. The predicted octanol–water partition coefficient (Wildman–Crippen LogP) is 4.94. The Bertz CT molecular complexity index is 1010. The molecular weight excluding hydrogens is 481 g/mol. The van der Waals surface area contributed by atoms with Crippen molar-refractivity contribution in [2.75, 3.05) is 18.1 Å². The highest BCUT2D eigenvalue weighted by Crippen LogP contribution is 2.37. The molecule has 0 unspecified atom stereocenters. The van der Waals surface area contributed by atoms with Gasteiger partial charge in [0.05, 0.1) is 17.2 Å². The Kier molecular flexibility index (Phi) is 7.05. The SMILES string of the molecule is CCOC(=O)COc1ccc(Br)cc1/C=C1\SC(=S)N(c2cccc(F)c2)C1=O. The molecular formula is C20H15BrFNO4S2. The first-order valence-electron chi connectivity index (χ1n) is 8.50. The number of benzene rings is 2. The third kappa shape index (κ3) is 5.23. The average molecular weight is 496 g/mol. The maximum Gasteiger partial charge on any atom is 0.344 e. The zero-order valence-corrected chi connectivity index (χ0v) is 18.4. The molecule has 0 aromatic heterocycles. The summed E-state index contributed by atoms with van der Waals surface area (Å²) in [5, 5.41) is 0. The number of carbonyl (C=O) groups excluding carboxylic acids is 2. The van der Waals surface area contributed by atoms with Gasteiger partial charge in [-0.05, 0) is 49.4 Å². The lowest BCUT2D eigenvalue weighted by Crippen LogP contribution is -2.27. The number of anilines is 1. The van der Waals surface area contributed by atoms with E-state index in [0.717, 1.165) is 16.2 Å². The predicted molar refractivity (Wildman–Crippen MR) is 118 cm³/mol. The van der Waals surface area contributed by atoms with E-state index in [1.807, 2.05) is 0 Å². The topological polar surface area (TPSA) is 55.8 Å². The van der Waals surface area contributed by atoms with Crippen molar-refractivity contribution in [2.24, 2.45) is 0 Å². The molecule has 0 N–H and O–H groups in total. The third-order valence-corrected chi connectivity index (χ3v) is 5.56. The van der Waals surface area contributed by atoms with Gasteiger partial charge in [0.1, 0.15) is 11.6 Å². The van der Waals surface area contributed by atoms with Gasteiger partial charge in [0, 0.05) is 10.0 Å². The molecule has 1 fully saturated rings. The Morgan fingerprint density at radius 3 is 2.83 bits per heavy atom. The van der Waals surface area contributed by atoms with Gasteiger partial charge in [0.2, 0.25) is 0 Å². The molecule has 0 spiro atoms. The largest absolute Gasteiger partial charge is 0.481 e. The second-order valence-electron chi connectivity index (χ2n) is 5.77. The van der Waals surface area contributed by atoms with Crippen LogP contribution in [0.25, 0.3) is 6.08 Å². The first-order valence-corrected chi connectivity index (χ1v) is 10.5. The van der Waals surface area contributed by atoms with Crippen molar-refractivity contribution in [3.05, 3.63) is 63.2 Å². The third-order valence-electron chi connectivity index (χ3n) is 3.77. The van der Waals surface area contributed by atoms with Gasteiger partial charge in [-0.25, -0.2) is 9.18 Å². The molecule has 0 saturated carbocycles. The van der Waals surface area contributed by atoms with E-state index in [0.29, 0.717) is 26.2 Å².